The predicted octanol–water partition coefficient (Wildman–Crippen LogP) is 1.57. The van der Waals surface area contributed by atoms with Crippen LogP contribution in [0.15, 0.2) is 18.3 Å². The van der Waals surface area contributed by atoms with E-state index in [0.29, 0.717) is 5.69 Å². The maximum absolute atomic E-state index is 12.4. The Hall–Kier alpha value is -1.45. The molecule has 0 aliphatic heterocycles. The number of carbonyl (C=O) groups is 1. The molecule has 1 aliphatic carbocycles. The molecule has 13 heavy (non-hydrogen) atoms. The highest BCUT2D eigenvalue weighted by atomic mass is 19.1. The van der Waals surface area contributed by atoms with Gasteiger partial charge in [-0.05, 0) is 25.0 Å². The van der Waals surface area contributed by atoms with E-state index in [-0.39, 0.29) is 11.8 Å². The Labute approximate surface area is 75.0 Å². The van der Waals surface area contributed by atoms with E-state index < -0.39 is 5.95 Å². The average Bonchev–Trinajstić information content (AvgIpc) is 2.91. The number of pyridine rings is 1. The molecule has 1 aromatic rings. The van der Waals surface area contributed by atoms with Gasteiger partial charge in [-0.25, -0.2) is 4.98 Å². The molecule has 1 aliphatic rings. The van der Waals surface area contributed by atoms with E-state index in [9.17, 15) is 9.18 Å². The third kappa shape index (κ3) is 2.02. The minimum absolute atomic E-state index is 0.00779. The summed E-state index contributed by atoms with van der Waals surface area (Å²) in [5.74, 6) is -0.372. The number of amides is 1. The summed E-state index contributed by atoms with van der Waals surface area (Å²) in [5, 5.41) is 2.66. The standard InChI is InChI=1S/C9H9FN2O/c10-8-4-3-7(5-11-8)12-9(13)6-1-2-6/h3-6H,1-2H2,(H,12,13). The monoisotopic (exact) mass is 180 g/mol. The molecule has 2 rings (SSSR count). The van der Waals surface area contributed by atoms with E-state index in [1.807, 2.05) is 0 Å². The Morgan fingerprint density at radius 3 is 2.85 bits per heavy atom. The van der Waals surface area contributed by atoms with Gasteiger partial charge in [-0.3, -0.25) is 4.79 Å². The van der Waals surface area contributed by atoms with Crippen LogP contribution in [0, 0.1) is 11.9 Å². The van der Waals surface area contributed by atoms with Crippen molar-refractivity contribution in [2.45, 2.75) is 12.8 Å². The molecule has 4 heteroatoms. The number of hydrogen-bond donors (Lipinski definition) is 1. The number of halogens is 1. The largest absolute Gasteiger partial charge is 0.324 e. The summed E-state index contributed by atoms with van der Waals surface area (Å²) in [7, 11) is 0. The summed E-state index contributed by atoms with van der Waals surface area (Å²) >= 11 is 0. The van der Waals surface area contributed by atoms with Gasteiger partial charge in [0.2, 0.25) is 11.9 Å². The van der Waals surface area contributed by atoms with E-state index in [1.54, 1.807) is 0 Å². The van der Waals surface area contributed by atoms with Crippen LogP contribution in [0.25, 0.3) is 0 Å². The van der Waals surface area contributed by atoms with Crippen molar-refractivity contribution < 1.29 is 9.18 Å². The van der Waals surface area contributed by atoms with E-state index >= 15 is 0 Å². The molecule has 1 heterocycles. The Balaban J connectivity index is 2.00. The summed E-state index contributed by atoms with van der Waals surface area (Å²) < 4.78 is 12.4. The molecule has 1 fully saturated rings. The van der Waals surface area contributed by atoms with Gasteiger partial charge in [0, 0.05) is 5.92 Å². The first-order valence-corrected chi connectivity index (χ1v) is 4.18. The summed E-state index contributed by atoms with van der Waals surface area (Å²) in [5.41, 5.74) is 0.554. The Morgan fingerprint density at radius 1 is 1.54 bits per heavy atom. The van der Waals surface area contributed by atoms with Crippen LogP contribution in [0.4, 0.5) is 10.1 Å². The van der Waals surface area contributed by atoms with E-state index in [2.05, 4.69) is 10.3 Å². The zero-order valence-corrected chi connectivity index (χ0v) is 6.96. The summed E-state index contributed by atoms with van der Waals surface area (Å²) in [6.45, 7) is 0. The topological polar surface area (TPSA) is 42.0 Å². The third-order valence-corrected chi connectivity index (χ3v) is 1.94. The number of anilines is 1. The molecule has 0 aromatic carbocycles. The van der Waals surface area contributed by atoms with Crippen LogP contribution in [0.1, 0.15) is 12.8 Å². The van der Waals surface area contributed by atoms with Crippen LogP contribution < -0.4 is 5.32 Å². The number of aromatic nitrogens is 1. The molecule has 0 saturated heterocycles. The van der Waals surface area contributed by atoms with E-state index in [4.69, 9.17) is 0 Å². The predicted molar refractivity (Wildman–Crippen MR) is 45.5 cm³/mol. The molecule has 68 valence electrons. The van der Waals surface area contributed by atoms with Gasteiger partial charge in [0.25, 0.3) is 0 Å². The first kappa shape index (κ1) is 8.16. The number of rotatable bonds is 2. The molecule has 1 saturated carbocycles. The fraction of sp³-hybridized carbons (Fsp3) is 0.333. The lowest BCUT2D eigenvalue weighted by Crippen LogP contribution is -2.13. The maximum Gasteiger partial charge on any atom is 0.227 e. The average molecular weight is 180 g/mol. The molecular formula is C9H9FN2O. The molecular weight excluding hydrogens is 171 g/mol. The summed E-state index contributed by atoms with van der Waals surface area (Å²) in [6.07, 6.45) is 3.23. The van der Waals surface area contributed by atoms with Crippen LogP contribution in [0.5, 0.6) is 0 Å². The second-order valence-corrected chi connectivity index (χ2v) is 3.13. The smallest absolute Gasteiger partial charge is 0.227 e. The molecule has 0 radical (unpaired) electrons. The lowest BCUT2D eigenvalue weighted by atomic mass is 10.3. The fourth-order valence-electron chi connectivity index (χ4n) is 1.04. The Kier molecular flexibility index (Phi) is 1.96. The van der Waals surface area contributed by atoms with Crippen LogP contribution in [-0.4, -0.2) is 10.9 Å². The van der Waals surface area contributed by atoms with Gasteiger partial charge in [0.15, 0.2) is 0 Å². The third-order valence-electron chi connectivity index (χ3n) is 1.94. The second-order valence-electron chi connectivity index (χ2n) is 3.13. The van der Waals surface area contributed by atoms with Crippen molar-refractivity contribution in [3.05, 3.63) is 24.3 Å². The van der Waals surface area contributed by atoms with Crippen LogP contribution in [0.2, 0.25) is 0 Å². The maximum atomic E-state index is 12.4. The number of nitrogens with zero attached hydrogens (tertiary/aromatic N) is 1. The van der Waals surface area contributed by atoms with Crippen LogP contribution >= 0.6 is 0 Å². The van der Waals surface area contributed by atoms with Gasteiger partial charge in [0.05, 0.1) is 11.9 Å². The SMILES string of the molecule is O=C(Nc1ccc(F)nc1)C1CC1. The zero-order chi connectivity index (χ0) is 9.26. The minimum Gasteiger partial charge on any atom is -0.324 e. The highest BCUT2D eigenvalue weighted by Gasteiger charge is 2.29. The van der Waals surface area contributed by atoms with Crippen molar-refractivity contribution in [1.82, 2.24) is 4.98 Å². The van der Waals surface area contributed by atoms with Crippen molar-refractivity contribution in [2.75, 3.05) is 5.32 Å². The first-order valence-electron chi connectivity index (χ1n) is 4.18. The Bertz CT molecular complexity index is 319. The zero-order valence-electron chi connectivity index (χ0n) is 6.96. The molecule has 1 aromatic heterocycles. The van der Waals surface area contributed by atoms with Crippen molar-refractivity contribution in [1.29, 1.82) is 0 Å². The summed E-state index contributed by atoms with van der Waals surface area (Å²) in [6, 6.07) is 2.73. The number of nitrogens with one attached hydrogen (secondary N) is 1. The van der Waals surface area contributed by atoms with Crippen molar-refractivity contribution in [3.8, 4) is 0 Å². The van der Waals surface area contributed by atoms with Crippen LogP contribution in [-0.2, 0) is 4.79 Å². The summed E-state index contributed by atoms with van der Waals surface area (Å²) in [4.78, 5) is 14.7. The minimum atomic E-state index is -0.538. The molecule has 1 N–H and O–H groups in total. The van der Waals surface area contributed by atoms with Gasteiger partial charge in [0.1, 0.15) is 0 Å². The van der Waals surface area contributed by atoms with E-state index in [1.165, 1.54) is 18.3 Å². The highest BCUT2D eigenvalue weighted by molar-refractivity contribution is 5.93. The number of hydrogen-bond acceptors (Lipinski definition) is 2. The normalized spacial score (nSPS) is 15.5. The molecule has 0 spiro atoms. The molecule has 1 amide bonds. The molecule has 0 atom stereocenters. The van der Waals surface area contributed by atoms with Gasteiger partial charge < -0.3 is 5.32 Å². The van der Waals surface area contributed by atoms with E-state index in [0.717, 1.165) is 12.8 Å². The lowest BCUT2D eigenvalue weighted by molar-refractivity contribution is -0.117. The quantitative estimate of drug-likeness (QED) is 0.702. The molecule has 3 nitrogen and oxygen atoms in total. The van der Waals surface area contributed by atoms with Crippen LogP contribution in [0.3, 0.4) is 0 Å². The Morgan fingerprint density at radius 2 is 2.31 bits per heavy atom. The lowest BCUT2D eigenvalue weighted by Gasteiger charge is -2.01. The molecule has 0 bridgehead atoms. The van der Waals surface area contributed by atoms with Gasteiger partial charge in [-0.1, -0.05) is 0 Å². The number of carbonyl (C=O) groups excluding carboxylic acids is 1. The first-order chi connectivity index (χ1) is 6.25. The van der Waals surface area contributed by atoms with Crippen molar-refractivity contribution in [2.24, 2.45) is 5.92 Å². The van der Waals surface area contributed by atoms with Gasteiger partial charge >= 0.3 is 0 Å². The highest BCUT2D eigenvalue weighted by Crippen LogP contribution is 2.29. The fourth-order valence-corrected chi connectivity index (χ4v) is 1.04. The van der Waals surface area contributed by atoms with Crippen molar-refractivity contribution >= 4 is 11.6 Å². The second kappa shape index (κ2) is 3.12. The van der Waals surface area contributed by atoms with Gasteiger partial charge in [-0.2, -0.15) is 4.39 Å². The van der Waals surface area contributed by atoms with Gasteiger partial charge in [-0.15, -0.1) is 0 Å². The van der Waals surface area contributed by atoms with Crippen molar-refractivity contribution in [3.63, 3.8) is 0 Å². The molecule has 0 unspecified atom stereocenters.